The molecule has 1 atom stereocenters. The molecule has 0 amide bonds. The van der Waals surface area contributed by atoms with Crippen molar-refractivity contribution in [3.63, 3.8) is 0 Å². The number of nitrogens with zero attached hydrogens (tertiary/aromatic N) is 2. The number of anilines is 1. The van der Waals surface area contributed by atoms with Gasteiger partial charge in [0.2, 0.25) is 0 Å². The van der Waals surface area contributed by atoms with Gasteiger partial charge in [-0.05, 0) is 55.8 Å². The Morgan fingerprint density at radius 2 is 2.07 bits per heavy atom. The Labute approximate surface area is 168 Å². The minimum Gasteiger partial charge on any atom is -0.477 e. The number of carboxylic acid groups (broad SMARTS) is 1. The standard InChI is InChI=1S/C20H24FN3O3.ClH/c1-3-22-13-6-7-23(9-13)18-11(2)17-14(12-4-5-12)8-15(20(26)27)19(25)24(17)10-16(18)21;/h8,10,12-13,22H,3-7,9H2,1-2H3,(H,26,27);1H. The van der Waals surface area contributed by atoms with Gasteiger partial charge < -0.3 is 15.3 Å². The fraction of sp³-hybridized carbons (Fsp3) is 0.500. The van der Waals surface area contributed by atoms with Crippen LogP contribution in [0.5, 0.6) is 0 Å². The number of fused-ring (bicyclic) bond motifs is 1. The maximum Gasteiger partial charge on any atom is 0.341 e. The van der Waals surface area contributed by atoms with Crippen LogP contribution >= 0.6 is 12.4 Å². The molecular weight excluding hydrogens is 385 g/mol. The Morgan fingerprint density at radius 1 is 1.36 bits per heavy atom. The highest BCUT2D eigenvalue weighted by molar-refractivity contribution is 5.89. The molecule has 1 aliphatic carbocycles. The first-order valence-corrected chi connectivity index (χ1v) is 9.52. The third-order valence-electron chi connectivity index (χ3n) is 5.69. The van der Waals surface area contributed by atoms with Crippen LogP contribution in [0.3, 0.4) is 0 Å². The minimum absolute atomic E-state index is 0. The van der Waals surface area contributed by atoms with E-state index >= 15 is 4.39 Å². The highest BCUT2D eigenvalue weighted by atomic mass is 35.5. The zero-order chi connectivity index (χ0) is 19.3. The number of aromatic nitrogens is 1. The number of carboxylic acids is 1. The molecule has 2 aromatic heterocycles. The van der Waals surface area contributed by atoms with Gasteiger partial charge >= 0.3 is 5.97 Å². The number of likely N-dealkylation sites (N-methyl/N-ethyl adjacent to an activating group) is 1. The molecule has 1 saturated carbocycles. The van der Waals surface area contributed by atoms with E-state index in [1.807, 2.05) is 11.8 Å². The van der Waals surface area contributed by atoms with Crippen molar-refractivity contribution < 1.29 is 14.3 Å². The van der Waals surface area contributed by atoms with E-state index in [2.05, 4.69) is 12.2 Å². The number of rotatable bonds is 5. The van der Waals surface area contributed by atoms with Crippen molar-refractivity contribution in [3.05, 3.63) is 45.1 Å². The molecule has 152 valence electrons. The van der Waals surface area contributed by atoms with Crippen molar-refractivity contribution in [3.8, 4) is 0 Å². The van der Waals surface area contributed by atoms with E-state index < -0.39 is 17.3 Å². The van der Waals surface area contributed by atoms with E-state index in [0.29, 0.717) is 22.8 Å². The first-order chi connectivity index (χ1) is 12.9. The normalized spacial score (nSPS) is 19.1. The summed E-state index contributed by atoms with van der Waals surface area (Å²) in [5.74, 6) is -1.52. The largest absolute Gasteiger partial charge is 0.477 e. The SMILES string of the molecule is CCNC1CCN(c2c(F)cn3c(=O)c(C(=O)O)cc(C4CC4)c3c2C)C1.Cl. The second kappa shape index (κ2) is 7.72. The van der Waals surface area contributed by atoms with Gasteiger partial charge in [-0.3, -0.25) is 9.20 Å². The Morgan fingerprint density at radius 3 is 2.68 bits per heavy atom. The molecule has 0 spiro atoms. The smallest absolute Gasteiger partial charge is 0.341 e. The molecule has 0 bridgehead atoms. The molecular formula is C20H25ClFN3O3. The quantitative estimate of drug-likeness (QED) is 0.794. The summed E-state index contributed by atoms with van der Waals surface area (Å²) in [6, 6.07) is 1.82. The lowest BCUT2D eigenvalue weighted by molar-refractivity contribution is 0.0694. The summed E-state index contributed by atoms with van der Waals surface area (Å²) in [5, 5.41) is 12.8. The van der Waals surface area contributed by atoms with Crippen LogP contribution in [0.4, 0.5) is 10.1 Å². The third-order valence-corrected chi connectivity index (χ3v) is 5.69. The average Bonchev–Trinajstić information content (AvgIpc) is 3.36. The van der Waals surface area contributed by atoms with Gasteiger partial charge in [0.05, 0.1) is 17.4 Å². The predicted molar refractivity (Wildman–Crippen MR) is 109 cm³/mol. The van der Waals surface area contributed by atoms with Crippen molar-refractivity contribution in [2.45, 2.75) is 45.1 Å². The fourth-order valence-electron chi connectivity index (χ4n) is 4.31. The number of aromatic carboxylic acids is 1. The zero-order valence-corrected chi connectivity index (χ0v) is 16.8. The summed E-state index contributed by atoms with van der Waals surface area (Å²) in [4.78, 5) is 26.1. The average molecular weight is 410 g/mol. The molecule has 2 fully saturated rings. The lowest BCUT2D eigenvalue weighted by Crippen LogP contribution is -2.33. The van der Waals surface area contributed by atoms with E-state index in [9.17, 15) is 14.7 Å². The van der Waals surface area contributed by atoms with Gasteiger partial charge in [-0.25, -0.2) is 9.18 Å². The Kier molecular flexibility index (Phi) is 5.68. The first-order valence-electron chi connectivity index (χ1n) is 9.52. The highest BCUT2D eigenvalue weighted by Gasteiger charge is 2.32. The van der Waals surface area contributed by atoms with Gasteiger partial charge in [0.1, 0.15) is 5.56 Å². The van der Waals surface area contributed by atoms with Crippen LogP contribution < -0.4 is 15.8 Å². The van der Waals surface area contributed by atoms with Crippen molar-refractivity contribution in [2.75, 3.05) is 24.5 Å². The summed E-state index contributed by atoms with van der Waals surface area (Å²) in [6.45, 7) is 6.23. The molecule has 0 aromatic carbocycles. The summed E-state index contributed by atoms with van der Waals surface area (Å²) in [6.07, 6.45) is 4.04. The van der Waals surface area contributed by atoms with E-state index in [0.717, 1.165) is 44.5 Å². The van der Waals surface area contributed by atoms with E-state index in [-0.39, 0.29) is 23.9 Å². The molecule has 3 heterocycles. The molecule has 1 aliphatic heterocycles. The van der Waals surface area contributed by atoms with Gasteiger partial charge in [-0.1, -0.05) is 6.92 Å². The predicted octanol–water partition coefficient (Wildman–Crippen LogP) is 2.93. The molecule has 28 heavy (non-hydrogen) atoms. The molecule has 4 rings (SSSR count). The second-order valence-electron chi connectivity index (χ2n) is 7.56. The summed E-state index contributed by atoms with van der Waals surface area (Å²) < 4.78 is 16.2. The Bertz CT molecular complexity index is 987. The molecule has 2 aliphatic rings. The lowest BCUT2D eigenvalue weighted by atomic mass is 10.0. The minimum atomic E-state index is -1.27. The van der Waals surface area contributed by atoms with Crippen molar-refractivity contribution >= 4 is 29.6 Å². The van der Waals surface area contributed by atoms with E-state index in [1.165, 1.54) is 16.7 Å². The second-order valence-corrected chi connectivity index (χ2v) is 7.56. The Hall–Kier alpha value is -2.12. The van der Waals surface area contributed by atoms with Crippen molar-refractivity contribution in [1.29, 1.82) is 0 Å². The van der Waals surface area contributed by atoms with Gasteiger partial charge in [0.15, 0.2) is 5.82 Å². The number of halogens is 2. The number of nitrogens with one attached hydrogen (secondary N) is 1. The lowest BCUT2D eigenvalue weighted by Gasteiger charge is -2.24. The zero-order valence-electron chi connectivity index (χ0n) is 16.0. The third kappa shape index (κ3) is 3.37. The number of hydrogen-bond donors (Lipinski definition) is 2. The van der Waals surface area contributed by atoms with Crippen LogP contribution in [0.2, 0.25) is 0 Å². The van der Waals surface area contributed by atoms with Crippen LogP contribution in [0, 0.1) is 12.7 Å². The van der Waals surface area contributed by atoms with Gasteiger partial charge in [-0.15, -0.1) is 12.4 Å². The highest BCUT2D eigenvalue weighted by Crippen LogP contribution is 2.44. The first kappa shape index (κ1) is 20.6. The van der Waals surface area contributed by atoms with Crippen molar-refractivity contribution in [1.82, 2.24) is 9.72 Å². The number of aryl methyl sites for hydroxylation is 1. The monoisotopic (exact) mass is 409 g/mol. The summed E-state index contributed by atoms with van der Waals surface area (Å²) in [7, 11) is 0. The number of hydrogen-bond acceptors (Lipinski definition) is 4. The summed E-state index contributed by atoms with van der Waals surface area (Å²) in [5.41, 5.74) is 1.77. The van der Waals surface area contributed by atoms with E-state index in [4.69, 9.17) is 0 Å². The van der Waals surface area contributed by atoms with Crippen LogP contribution in [0.15, 0.2) is 17.1 Å². The van der Waals surface area contributed by atoms with Crippen LogP contribution in [-0.4, -0.2) is 41.2 Å². The van der Waals surface area contributed by atoms with Gasteiger partial charge in [0, 0.05) is 19.1 Å². The van der Waals surface area contributed by atoms with Crippen molar-refractivity contribution in [2.24, 2.45) is 0 Å². The topological polar surface area (TPSA) is 74.0 Å². The van der Waals surface area contributed by atoms with Gasteiger partial charge in [-0.2, -0.15) is 0 Å². The fourth-order valence-corrected chi connectivity index (χ4v) is 4.31. The molecule has 6 nitrogen and oxygen atoms in total. The molecule has 2 aromatic rings. The molecule has 0 radical (unpaired) electrons. The molecule has 1 unspecified atom stereocenters. The number of pyridine rings is 2. The maximum atomic E-state index is 15.0. The maximum absolute atomic E-state index is 15.0. The molecule has 2 N–H and O–H groups in total. The summed E-state index contributed by atoms with van der Waals surface area (Å²) >= 11 is 0. The van der Waals surface area contributed by atoms with Crippen LogP contribution in [0.25, 0.3) is 5.52 Å². The van der Waals surface area contributed by atoms with Crippen LogP contribution in [0.1, 0.15) is 53.6 Å². The molecule has 1 saturated heterocycles. The van der Waals surface area contributed by atoms with E-state index in [1.54, 1.807) is 0 Å². The molecule has 8 heteroatoms. The Balaban J connectivity index is 0.00000225. The van der Waals surface area contributed by atoms with Gasteiger partial charge in [0.25, 0.3) is 5.56 Å². The number of carbonyl (C=O) groups is 1. The van der Waals surface area contributed by atoms with Crippen LogP contribution in [-0.2, 0) is 0 Å².